The van der Waals surface area contributed by atoms with Crippen LogP contribution in [0.2, 0.25) is 0 Å². The molecule has 5 rings (SSSR count). The first-order chi connectivity index (χ1) is 19.4. The van der Waals surface area contributed by atoms with E-state index in [-0.39, 0.29) is 5.91 Å². The Bertz CT molecular complexity index is 1350. The molecular weight excluding hydrogens is 504 g/mol. The van der Waals surface area contributed by atoms with Crippen LogP contribution in [-0.2, 0) is 17.6 Å². The summed E-state index contributed by atoms with van der Waals surface area (Å²) in [5.41, 5.74) is 5.49. The van der Waals surface area contributed by atoms with Crippen molar-refractivity contribution < 1.29 is 14.7 Å². The van der Waals surface area contributed by atoms with E-state index < -0.39 is 12.0 Å². The molecule has 9 heteroatoms. The molecule has 1 amide bonds. The fourth-order valence-electron chi connectivity index (χ4n) is 5.51. The number of hydrogen-bond acceptors (Lipinski definition) is 6. The maximum Gasteiger partial charge on any atom is 0.326 e. The summed E-state index contributed by atoms with van der Waals surface area (Å²) in [5.74, 6) is -0.352. The molecule has 1 aliphatic heterocycles. The van der Waals surface area contributed by atoms with Gasteiger partial charge in [0.1, 0.15) is 11.9 Å². The van der Waals surface area contributed by atoms with E-state index in [1.807, 2.05) is 26.0 Å². The first-order valence-electron chi connectivity index (χ1n) is 14.5. The zero-order chi connectivity index (χ0) is 28.1. The summed E-state index contributed by atoms with van der Waals surface area (Å²) in [6.07, 6.45) is 7.95. The molecule has 1 aromatic carbocycles. The van der Waals surface area contributed by atoms with Crippen LogP contribution in [0, 0.1) is 13.8 Å². The molecule has 0 spiro atoms. The molecule has 212 valence electrons. The summed E-state index contributed by atoms with van der Waals surface area (Å²) in [6, 6.07) is 13.0. The number of amides is 1. The van der Waals surface area contributed by atoms with E-state index in [1.165, 1.54) is 5.56 Å². The lowest BCUT2D eigenvalue weighted by molar-refractivity contribution is -0.139. The number of benzene rings is 1. The van der Waals surface area contributed by atoms with E-state index in [0.717, 1.165) is 86.6 Å². The predicted molar refractivity (Wildman–Crippen MR) is 155 cm³/mol. The van der Waals surface area contributed by atoms with Crippen LogP contribution in [0.3, 0.4) is 0 Å². The van der Waals surface area contributed by atoms with E-state index in [0.29, 0.717) is 24.6 Å². The third-order valence-corrected chi connectivity index (χ3v) is 7.81. The molecule has 0 radical (unpaired) electrons. The van der Waals surface area contributed by atoms with Crippen LogP contribution in [0.5, 0.6) is 0 Å². The second-order valence-electron chi connectivity index (χ2n) is 11.1. The summed E-state index contributed by atoms with van der Waals surface area (Å²) in [6.45, 7) is 6.45. The number of carboxylic acid groups (broad SMARTS) is 1. The number of hydrogen-bond donors (Lipinski definition) is 3. The van der Waals surface area contributed by atoms with Crippen molar-refractivity contribution >= 4 is 17.7 Å². The maximum atomic E-state index is 13.0. The summed E-state index contributed by atoms with van der Waals surface area (Å²) < 4.78 is 1.78. The van der Waals surface area contributed by atoms with Gasteiger partial charge in [0.2, 0.25) is 0 Å². The molecular formula is C31H40N6O3. The first kappa shape index (κ1) is 27.8. The second-order valence-corrected chi connectivity index (χ2v) is 11.1. The van der Waals surface area contributed by atoms with Gasteiger partial charge < -0.3 is 20.6 Å². The molecule has 0 saturated heterocycles. The van der Waals surface area contributed by atoms with E-state index in [1.54, 1.807) is 22.9 Å². The van der Waals surface area contributed by atoms with Gasteiger partial charge in [-0.05, 0) is 108 Å². The van der Waals surface area contributed by atoms with Gasteiger partial charge in [-0.2, -0.15) is 5.10 Å². The molecule has 0 bridgehead atoms. The highest BCUT2D eigenvalue weighted by Crippen LogP contribution is 2.28. The standard InChI is InChI=1S/C31H40N6O3/c1-21-19-22(2)37(35-21)27-10-5-7-24(20-27)30(38)34-28(31(39)40)15-18-36(26-13-14-26)17-4-3-9-25-12-11-23-8-6-16-32-29(23)33-25/h5,7,10-12,19-20,26,28H,3-4,6,8-9,13-18H2,1-2H3,(H,32,33)(H,34,38)(H,39,40)/t28-/m0/s1. The number of nitrogens with one attached hydrogen (secondary N) is 2. The zero-order valence-corrected chi connectivity index (χ0v) is 23.5. The van der Waals surface area contributed by atoms with Gasteiger partial charge in [0.25, 0.3) is 5.91 Å². The van der Waals surface area contributed by atoms with Crippen LogP contribution in [0.25, 0.3) is 5.69 Å². The van der Waals surface area contributed by atoms with Crippen molar-refractivity contribution in [3.63, 3.8) is 0 Å². The Labute approximate surface area is 236 Å². The maximum absolute atomic E-state index is 13.0. The SMILES string of the molecule is Cc1cc(C)n(-c2cccc(C(=O)N[C@@H](CCN(CCCCc3ccc4c(n3)NCCC4)C3CC3)C(=O)O)c2)n1. The minimum absolute atomic E-state index is 0.368. The summed E-state index contributed by atoms with van der Waals surface area (Å²) in [4.78, 5) is 32.3. The summed E-state index contributed by atoms with van der Waals surface area (Å²) in [7, 11) is 0. The third-order valence-electron chi connectivity index (χ3n) is 7.81. The molecule has 2 aromatic heterocycles. The predicted octanol–water partition coefficient (Wildman–Crippen LogP) is 4.30. The Morgan fingerprint density at radius 1 is 1.15 bits per heavy atom. The van der Waals surface area contributed by atoms with Gasteiger partial charge in [-0.25, -0.2) is 14.5 Å². The molecule has 1 atom stereocenters. The van der Waals surface area contributed by atoms with Gasteiger partial charge in [-0.3, -0.25) is 4.79 Å². The topological polar surface area (TPSA) is 112 Å². The second kappa shape index (κ2) is 12.6. The number of fused-ring (bicyclic) bond motifs is 1. The smallest absolute Gasteiger partial charge is 0.326 e. The molecule has 0 unspecified atom stereocenters. The molecule has 9 nitrogen and oxygen atoms in total. The van der Waals surface area contributed by atoms with Crippen LogP contribution < -0.4 is 10.6 Å². The van der Waals surface area contributed by atoms with Crippen molar-refractivity contribution in [1.82, 2.24) is 25.0 Å². The number of aliphatic carboxylic acids is 1. The molecule has 40 heavy (non-hydrogen) atoms. The molecule has 1 saturated carbocycles. The average Bonchev–Trinajstić information content (AvgIpc) is 3.74. The molecule has 1 aliphatic carbocycles. The van der Waals surface area contributed by atoms with E-state index in [4.69, 9.17) is 4.98 Å². The van der Waals surface area contributed by atoms with Crippen molar-refractivity contribution in [2.24, 2.45) is 0 Å². The van der Waals surface area contributed by atoms with Crippen molar-refractivity contribution in [2.75, 3.05) is 25.0 Å². The molecule has 3 N–H and O–H groups in total. The molecule has 2 aliphatic rings. The Kier molecular flexibility index (Phi) is 8.79. The lowest BCUT2D eigenvalue weighted by Gasteiger charge is -2.24. The van der Waals surface area contributed by atoms with Crippen molar-refractivity contribution in [3.05, 3.63) is 70.7 Å². The van der Waals surface area contributed by atoms with E-state index in [2.05, 4.69) is 32.8 Å². The minimum atomic E-state index is -1.01. The lowest BCUT2D eigenvalue weighted by Crippen LogP contribution is -2.43. The minimum Gasteiger partial charge on any atom is -0.480 e. The molecule has 3 aromatic rings. The highest BCUT2D eigenvalue weighted by Gasteiger charge is 2.30. The molecule has 3 heterocycles. The van der Waals surface area contributed by atoms with Gasteiger partial charge in [-0.1, -0.05) is 12.1 Å². The van der Waals surface area contributed by atoms with Gasteiger partial charge in [0.15, 0.2) is 0 Å². The number of nitrogens with zero attached hydrogens (tertiary/aromatic N) is 4. The van der Waals surface area contributed by atoms with Crippen LogP contribution in [0.15, 0.2) is 42.5 Å². The Morgan fingerprint density at radius 2 is 2.00 bits per heavy atom. The van der Waals surface area contributed by atoms with Crippen molar-refractivity contribution in [2.45, 2.75) is 77.3 Å². The number of carbonyl (C=O) groups is 2. The number of aryl methyl sites for hydroxylation is 4. The van der Waals surface area contributed by atoms with Crippen LogP contribution in [-0.4, -0.2) is 68.4 Å². The number of rotatable bonds is 13. The largest absolute Gasteiger partial charge is 0.480 e. The van der Waals surface area contributed by atoms with Crippen LogP contribution >= 0.6 is 0 Å². The van der Waals surface area contributed by atoms with Gasteiger partial charge in [-0.15, -0.1) is 0 Å². The molecule has 1 fully saturated rings. The normalized spacial score (nSPS) is 15.4. The quantitative estimate of drug-likeness (QED) is 0.275. The highest BCUT2D eigenvalue weighted by molar-refractivity contribution is 5.97. The third kappa shape index (κ3) is 7.07. The summed E-state index contributed by atoms with van der Waals surface area (Å²) >= 11 is 0. The number of carboxylic acids is 1. The number of aromatic nitrogens is 3. The van der Waals surface area contributed by atoms with Gasteiger partial charge >= 0.3 is 5.97 Å². The number of unbranched alkanes of at least 4 members (excludes halogenated alkanes) is 1. The van der Waals surface area contributed by atoms with Crippen LogP contribution in [0.1, 0.15) is 71.5 Å². The van der Waals surface area contributed by atoms with Crippen LogP contribution in [0.4, 0.5) is 5.82 Å². The van der Waals surface area contributed by atoms with Gasteiger partial charge in [0.05, 0.1) is 11.4 Å². The fraction of sp³-hybridized carbons (Fsp3) is 0.484. The average molecular weight is 545 g/mol. The number of carbonyl (C=O) groups excluding carboxylic acids is 1. The number of anilines is 1. The van der Waals surface area contributed by atoms with Gasteiger partial charge in [0, 0.05) is 36.1 Å². The zero-order valence-electron chi connectivity index (χ0n) is 23.5. The van der Waals surface area contributed by atoms with E-state index >= 15 is 0 Å². The summed E-state index contributed by atoms with van der Waals surface area (Å²) in [5, 5.41) is 20.5. The fourth-order valence-corrected chi connectivity index (χ4v) is 5.51. The van der Waals surface area contributed by atoms with E-state index in [9.17, 15) is 14.7 Å². The Balaban J connectivity index is 1.12. The lowest BCUT2D eigenvalue weighted by atomic mass is 10.1. The highest BCUT2D eigenvalue weighted by atomic mass is 16.4. The number of pyridine rings is 1. The Hall–Kier alpha value is -3.72. The Morgan fingerprint density at radius 3 is 2.75 bits per heavy atom. The first-order valence-corrected chi connectivity index (χ1v) is 14.5. The van der Waals surface area contributed by atoms with Crippen molar-refractivity contribution in [3.8, 4) is 5.69 Å². The monoisotopic (exact) mass is 544 g/mol. The van der Waals surface area contributed by atoms with Crippen molar-refractivity contribution in [1.29, 1.82) is 0 Å².